The third-order valence-electron chi connectivity index (χ3n) is 1.38. The number of rotatable bonds is 2. The van der Waals surface area contributed by atoms with E-state index in [-0.39, 0.29) is 5.82 Å². The summed E-state index contributed by atoms with van der Waals surface area (Å²) >= 11 is 0. The van der Waals surface area contributed by atoms with Crippen molar-refractivity contribution in [1.82, 2.24) is 4.98 Å². The molecule has 8 heteroatoms. The summed E-state index contributed by atoms with van der Waals surface area (Å²) in [6.07, 6.45) is -2.80. The third kappa shape index (κ3) is 3.74. The Morgan fingerprint density at radius 2 is 2.00 bits per heavy atom. The van der Waals surface area contributed by atoms with Crippen LogP contribution in [0, 0.1) is 0 Å². The molecule has 0 unspecified atom stereocenters. The number of aromatic nitrogens is 1. The minimum Gasteiger partial charge on any atom is -0.268 e. The molecule has 0 aliphatic carbocycles. The summed E-state index contributed by atoms with van der Waals surface area (Å²) in [6, 6.07) is 1.38. The van der Waals surface area contributed by atoms with Crippen LogP contribution in [0.15, 0.2) is 18.3 Å². The first-order valence-electron chi connectivity index (χ1n) is 3.69. The Balaban J connectivity index is 3.04. The lowest BCUT2D eigenvalue weighted by molar-refractivity contribution is -0.137. The zero-order valence-electron chi connectivity index (χ0n) is 7.54. The monoisotopic (exact) mass is 240 g/mol. The van der Waals surface area contributed by atoms with Crippen LogP contribution in [0.1, 0.15) is 5.56 Å². The number of hydrogen-bond donors (Lipinski definition) is 1. The van der Waals surface area contributed by atoms with Gasteiger partial charge < -0.3 is 0 Å². The maximum atomic E-state index is 12.2. The molecule has 0 amide bonds. The summed E-state index contributed by atoms with van der Waals surface area (Å²) in [4.78, 5) is 3.45. The molecule has 15 heavy (non-hydrogen) atoms. The molecule has 0 fully saturated rings. The quantitative estimate of drug-likeness (QED) is 0.851. The Bertz CT molecular complexity index is 456. The summed E-state index contributed by atoms with van der Waals surface area (Å²) in [5.41, 5.74) is -0.955. The highest BCUT2D eigenvalue weighted by Gasteiger charge is 2.30. The second-order valence-corrected chi connectivity index (χ2v) is 4.55. The van der Waals surface area contributed by atoms with Gasteiger partial charge in [0.15, 0.2) is 0 Å². The summed E-state index contributed by atoms with van der Waals surface area (Å²) in [6.45, 7) is 0. The van der Waals surface area contributed by atoms with Crippen molar-refractivity contribution < 1.29 is 21.6 Å². The number of hydrogen-bond acceptors (Lipinski definition) is 3. The minimum absolute atomic E-state index is 0.354. The van der Waals surface area contributed by atoms with Crippen LogP contribution in [0.25, 0.3) is 0 Å². The highest BCUT2D eigenvalue weighted by atomic mass is 32.2. The number of halogens is 3. The fraction of sp³-hybridized carbons (Fsp3) is 0.286. The predicted octanol–water partition coefficient (Wildman–Crippen LogP) is 1.47. The van der Waals surface area contributed by atoms with Crippen molar-refractivity contribution in [2.75, 3.05) is 11.0 Å². The van der Waals surface area contributed by atoms with Crippen molar-refractivity contribution in [1.29, 1.82) is 0 Å². The van der Waals surface area contributed by atoms with E-state index >= 15 is 0 Å². The first-order chi connectivity index (χ1) is 6.68. The molecule has 0 atom stereocenters. The number of pyridine rings is 1. The van der Waals surface area contributed by atoms with Crippen molar-refractivity contribution in [3.8, 4) is 0 Å². The van der Waals surface area contributed by atoms with Crippen LogP contribution in [0.2, 0.25) is 0 Å². The van der Waals surface area contributed by atoms with Gasteiger partial charge in [-0.25, -0.2) is 13.4 Å². The zero-order valence-corrected chi connectivity index (χ0v) is 8.35. The molecular formula is C7H7F3N2O2S. The summed E-state index contributed by atoms with van der Waals surface area (Å²) in [7, 11) is -3.62. The van der Waals surface area contributed by atoms with E-state index in [1.54, 1.807) is 0 Å². The van der Waals surface area contributed by atoms with E-state index in [1.165, 1.54) is 0 Å². The molecule has 0 aliphatic heterocycles. The molecule has 0 aromatic carbocycles. The first kappa shape index (κ1) is 11.8. The van der Waals surface area contributed by atoms with Crippen LogP contribution in [0.5, 0.6) is 0 Å². The molecule has 0 radical (unpaired) electrons. The molecule has 0 saturated heterocycles. The second-order valence-electron chi connectivity index (χ2n) is 2.80. The van der Waals surface area contributed by atoms with Crippen LogP contribution >= 0.6 is 0 Å². The van der Waals surface area contributed by atoms with Gasteiger partial charge in [-0.1, -0.05) is 0 Å². The molecule has 1 heterocycles. The van der Waals surface area contributed by atoms with Crippen molar-refractivity contribution in [3.63, 3.8) is 0 Å². The fourth-order valence-corrected chi connectivity index (χ4v) is 1.34. The van der Waals surface area contributed by atoms with Gasteiger partial charge in [0, 0.05) is 6.20 Å². The lowest BCUT2D eigenvalue weighted by atomic mass is 10.2. The predicted molar refractivity (Wildman–Crippen MR) is 47.7 cm³/mol. The van der Waals surface area contributed by atoms with E-state index in [4.69, 9.17) is 0 Å². The number of nitrogens with zero attached hydrogens (tertiary/aromatic N) is 1. The Morgan fingerprint density at radius 1 is 1.40 bits per heavy atom. The van der Waals surface area contributed by atoms with E-state index < -0.39 is 21.8 Å². The van der Waals surface area contributed by atoms with Crippen molar-refractivity contribution in [2.45, 2.75) is 6.18 Å². The zero-order chi connectivity index (χ0) is 11.7. The SMILES string of the molecule is CS(=O)(=O)Nc1cc(C(F)(F)F)ccn1. The van der Waals surface area contributed by atoms with Gasteiger partial charge in [0.1, 0.15) is 5.82 Å². The molecule has 1 aromatic rings. The number of alkyl halides is 3. The van der Waals surface area contributed by atoms with Crippen molar-refractivity contribution >= 4 is 15.8 Å². The smallest absolute Gasteiger partial charge is 0.268 e. The van der Waals surface area contributed by atoms with Crippen LogP contribution in [-0.4, -0.2) is 19.7 Å². The molecule has 1 aromatic heterocycles. The first-order valence-corrected chi connectivity index (χ1v) is 5.59. The van der Waals surface area contributed by atoms with Gasteiger partial charge in [0.25, 0.3) is 0 Å². The lowest BCUT2D eigenvalue weighted by Crippen LogP contribution is -2.12. The van der Waals surface area contributed by atoms with Crippen LogP contribution in [0.4, 0.5) is 19.0 Å². The number of anilines is 1. The molecule has 0 bridgehead atoms. The van der Waals surface area contributed by atoms with Gasteiger partial charge in [-0.05, 0) is 12.1 Å². The largest absolute Gasteiger partial charge is 0.416 e. The van der Waals surface area contributed by atoms with Gasteiger partial charge in [-0.2, -0.15) is 13.2 Å². The molecular weight excluding hydrogens is 233 g/mol. The molecule has 0 spiro atoms. The summed E-state index contributed by atoms with van der Waals surface area (Å²) in [5.74, 6) is -0.354. The van der Waals surface area contributed by atoms with Crippen LogP contribution < -0.4 is 4.72 Å². The van der Waals surface area contributed by atoms with E-state index in [2.05, 4.69) is 4.98 Å². The fourth-order valence-electron chi connectivity index (χ4n) is 0.853. The van der Waals surface area contributed by atoms with Gasteiger partial charge in [-0.3, -0.25) is 4.72 Å². The van der Waals surface area contributed by atoms with E-state index in [1.807, 2.05) is 4.72 Å². The second kappa shape index (κ2) is 3.69. The molecule has 1 N–H and O–H groups in total. The lowest BCUT2D eigenvalue weighted by Gasteiger charge is -2.08. The Kier molecular flexibility index (Phi) is 2.89. The Hall–Kier alpha value is -1.31. The highest BCUT2D eigenvalue weighted by Crippen LogP contribution is 2.29. The van der Waals surface area contributed by atoms with Gasteiger partial charge in [0.2, 0.25) is 10.0 Å². The van der Waals surface area contributed by atoms with Gasteiger partial charge in [0.05, 0.1) is 11.8 Å². The van der Waals surface area contributed by atoms with Gasteiger partial charge in [-0.15, -0.1) is 0 Å². The maximum Gasteiger partial charge on any atom is 0.416 e. The van der Waals surface area contributed by atoms with Crippen LogP contribution in [0.3, 0.4) is 0 Å². The highest BCUT2D eigenvalue weighted by molar-refractivity contribution is 7.92. The Morgan fingerprint density at radius 3 is 2.47 bits per heavy atom. The van der Waals surface area contributed by atoms with E-state index in [0.717, 1.165) is 18.5 Å². The standard InChI is InChI=1S/C7H7F3N2O2S/c1-15(13,14)12-6-4-5(2-3-11-6)7(8,9)10/h2-4H,1H3,(H,11,12). The number of sulfonamides is 1. The maximum absolute atomic E-state index is 12.2. The van der Waals surface area contributed by atoms with Gasteiger partial charge >= 0.3 is 6.18 Å². The average Bonchev–Trinajstić information content (AvgIpc) is 1.99. The Labute approximate surface area is 84.2 Å². The topological polar surface area (TPSA) is 59.1 Å². The van der Waals surface area contributed by atoms with E-state index in [0.29, 0.717) is 6.07 Å². The average molecular weight is 240 g/mol. The van der Waals surface area contributed by atoms with Crippen molar-refractivity contribution in [2.24, 2.45) is 0 Å². The van der Waals surface area contributed by atoms with E-state index in [9.17, 15) is 21.6 Å². The van der Waals surface area contributed by atoms with Crippen molar-refractivity contribution in [3.05, 3.63) is 23.9 Å². The minimum atomic E-state index is -4.52. The molecule has 0 aliphatic rings. The molecule has 4 nitrogen and oxygen atoms in total. The van der Waals surface area contributed by atoms with Crippen LogP contribution in [-0.2, 0) is 16.2 Å². The summed E-state index contributed by atoms with van der Waals surface area (Å²) in [5, 5.41) is 0. The molecule has 1 rings (SSSR count). The number of nitrogens with one attached hydrogen (secondary N) is 1. The molecule has 0 saturated carbocycles. The normalized spacial score (nSPS) is 12.5. The third-order valence-corrected chi connectivity index (χ3v) is 1.96. The summed E-state index contributed by atoms with van der Waals surface area (Å²) < 4.78 is 59.9. The molecule has 84 valence electrons.